The van der Waals surface area contributed by atoms with Gasteiger partial charge in [-0.25, -0.2) is 4.99 Å². The maximum atomic E-state index is 13.8. The van der Waals surface area contributed by atoms with Crippen molar-refractivity contribution in [1.29, 1.82) is 0 Å². The average molecular weight is 577 g/mol. The van der Waals surface area contributed by atoms with Gasteiger partial charge in [-0.2, -0.15) is 0 Å². The van der Waals surface area contributed by atoms with Crippen LogP contribution >= 0.6 is 11.8 Å². The van der Waals surface area contributed by atoms with Gasteiger partial charge >= 0.3 is 0 Å². The van der Waals surface area contributed by atoms with Crippen molar-refractivity contribution in [2.24, 2.45) is 4.99 Å². The van der Waals surface area contributed by atoms with Crippen molar-refractivity contribution in [3.05, 3.63) is 129 Å². The Bertz CT molecular complexity index is 1610. The number of ether oxygens (including phenoxy) is 2. The summed E-state index contributed by atoms with van der Waals surface area (Å²) in [6.07, 6.45) is 1.91. The fraction of sp³-hybridized carbons (Fsp3) is 0.222. The summed E-state index contributed by atoms with van der Waals surface area (Å²) < 4.78 is 12.2. The summed E-state index contributed by atoms with van der Waals surface area (Å²) in [6, 6.07) is 29.8. The van der Waals surface area contributed by atoms with E-state index in [1.807, 2.05) is 98.8 Å². The summed E-state index contributed by atoms with van der Waals surface area (Å²) >= 11 is 1.39. The molecule has 0 spiro atoms. The van der Waals surface area contributed by atoms with E-state index in [0.717, 1.165) is 16.8 Å². The first-order valence-corrected chi connectivity index (χ1v) is 15.0. The zero-order valence-corrected chi connectivity index (χ0v) is 25.6. The van der Waals surface area contributed by atoms with E-state index >= 15 is 0 Å². The lowest BCUT2D eigenvalue weighted by atomic mass is 10.0. The normalized spacial score (nSPS) is 15.8. The summed E-state index contributed by atoms with van der Waals surface area (Å²) in [5.41, 5.74) is 7.56. The summed E-state index contributed by atoms with van der Waals surface area (Å²) in [7, 11) is 0. The molecule has 1 aliphatic heterocycles. The van der Waals surface area contributed by atoms with E-state index in [1.54, 1.807) is 4.90 Å². The number of benzene rings is 4. The predicted octanol–water partition coefficient (Wildman–Crippen LogP) is 8.95. The Morgan fingerprint density at radius 2 is 1.52 bits per heavy atom. The van der Waals surface area contributed by atoms with Crippen LogP contribution in [0.4, 0.5) is 5.69 Å². The molecule has 0 aromatic heterocycles. The zero-order valence-electron chi connectivity index (χ0n) is 24.8. The van der Waals surface area contributed by atoms with Crippen molar-refractivity contribution in [1.82, 2.24) is 4.90 Å². The molecular formula is C36H36N2O3S. The molecule has 4 aromatic carbocycles. The highest BCUT2D eigenvalue weighted by Crippen LogP contribution is 2.40. The number of amidine groups is 1. The molecule has 0 N–H and O–H groups in total. The second-order valence-electron chi connectivity index (χ2n) is 10.4. The number of thioether (sulfide) groups is 1. The molecule has 214 valence electrons. The average Bonchev–Trinajstić information content (AvgIpc) is 3.27. The maximum absolute atomic E-state index is 13.8. The standard InChI is InChI=1S/C36H36N2O3S/c1-6-40-33-21-28(17-18-32(33)41-23-31-25(3)19-24(2)20-26(31)4)22-34-35(39)38(27(5)29-13-9-7-10-14-29)36(42-34)37-30-15-11-8-12-16-30/h7-22,27H,6,23H2,1-5H3/b34-22+,37-36?/t27-/m1/s1. The van der Waals surface area contributed by atoms with Crippen LogP contribution in [0.1, 0.15) is 53.3 Å². The first-order chi connectivity index (χ1) is 20.3. The van der Waals surface area contributed by atoms with Crippen LogP contribution in [0.2, 0.25) is 0 Å². The van der Waals surface area contributed by atoms with Gasteiger partial charge in [0.15, 0.2) is 16.7 Å². The van der Waals surface area contributed by atoms with Gasteiger partial charge in [0.2, 0.25) is 0 Å². The lowest BCUT2D eigenvalue weighted by Crippen LogP contribution is -2.32. The molecule has 6 heteroatoms. The minimum atomic E-state index is -0.178. The van der Waals surface area contributed by atoms with Crippen LogP contribution in [0.25, 0.3) is 6.08 Å². The van der Waals surface area contributed by atoms with E-state index in [1.165, 1.54) is 34.0 Å². The lowest BCUT2D eigenvalue weighted by molar-refractivity contribution is -0.123. The number of aliphatic imine (C=N–C) groups is 1. The molecule has 1 fully saturated rings. The number of para-hydroxylation sites is 1. The quantitative estimate of drug-likeness (QED) is 0.187. The van der Waals surface area contributed by atoms with Gasteiger partial charge in [0.1, 0.15) is 6.61 Å². The Morgan fingerprint density at radius 1 is 0.857 bits per heavy atom. The molecule has 4 aromatic rings. The summed E-state index contributed by atoms with van der Waals surface area (Å²) in [6.45, 7) is 11.3. The Hall–Kier alpha value is -4.29. The van der Waals surface area contributed by atoms with E-state index in [-0.39, 0.29) is 11.9 Å². The van der Waals surface area contributed by atoms with Gasteiger partial charge in [0, 0.05) is 0 Å². The molecule has 0 saturated carbocycles. The third-order valence-electron chi connectivity index (χ3n) is 7.26. The highest BCUT2D eigenvalue weighted by Gasteiger charge is 2.37. The van der Waals surface area contributed by atoms with Gasteiger partial charge in [-0.3, -0.25) is 9.69 Å². The minimum absolute atomic E-state index is 0.0744. The second kappa shape index (κ2) is 13.1. The molecule has 0 bridgehead atoms. The van der Waals surface area contributed by atoms with Crippen LogP contribution in [0.3, 0.4) is 0 Å². The number of hydrogen-bond acceptors (Lipinski definition) is 5. The van der Waals surface area contributed by atoms with E-state index in [9.17, 15) is 4.79 Å². The zero-order chi connectivity index (χ0) is 29.6. The van der Waals surface area contributed by atoms with Crippen LogP contribution in [0.5, 0.6) is 11.5 Å². The molecule has 5 rings (SSSR count). The third-order valence-corrected chi connectivity index (χ3v) is 8.25. The number of carbonyl (C=O) groups is 1. The van der Waals surface area contributed by atoms with Crippen molar-refractivity contribution in [2.75, 3.05) is 6.61 Å². The first-order valence-electron chi connectivity index (χ1n) is 14.2. The Morgan fingerprint density at radius 3 is 2.19 bits per heavy atom. The fourth-order valence-corrected chi connectivity index (χ4v) is 6.21. The predicted molar refractivity (Wildman–Crippen MR) is 173 cm³/mol. The highest BCUT2D eigenvalue weighted by molar-refractivity contribution is 8.18. The number of aryl methyl sites for hydroxylation is 3. The Kier molecular flexibility index (Phi) is 9.13. The summed E-state index contributed by atoms with van der Waals surface area (Å²) in [5, 5.41) is 0.655. The summed E-state index contributed by atoms with van der Waals surface area (Å²) in [5.74, 6) is 1.25. The Balaban J connectivity index is 1.44. The van der Waals surface area contributed by atoms with Crippen LogP contribution in [0, 0.1) is 20.8 Å². The second-order valence-corrected chi connectivity index (χ2v) is 11.4. The smallest absolute Gasteiger partial charge is 0.267 e. The van der Waals surface area contributed by atoms with Crippen molar-refractivity contribution >= 4 is 34.6 Å². The molecular weight excluding hydrogens is 540 g/mol. The van der Waals surface area contributed by atoms with Crippen LogP contribution < -0.4 is 9.47 Å². The number of nitrogens with zero attached hydrogens (tertiary/aromatic N) is 2. The van der Waals surface area contributed by atoms with Gasteiger partial charge < -0.3 is 9.47 Å². The highest BCUT2D eigenvalue weighted by atomic mass is 32.2. The van der Waals surface area contributed by atoms with E-state index in [2.05, 4.69) is 32.9 Å². The lowest BCUT2D eigenvalue weighted by Gasteiger charge is -2.24. The van der Waals surface area contributed by atoms with Crippen LogP contribution in [-0.4, -0.2) is 22.6 Å². The van der Waals surface area contributed by atoms with E-state index < -0.39 is 0 Å². The van der Waals surface area contributed by atoms with Crippen molar-refractivity contribution < 1.29 is 14.3 Å². The number of carbonyl (C=O) groups excluding carboxylic acids is 1. The maximum Gasteiger partial charge on any atom is 0.267 e. The molecule has 1 amide bonds. The van der Waals surface area contributed by atoms with Gasteiger partial charge in [0.25, 0.3) is 5.91 Å². The van der Waals surface area contributed by atoms with Gasteiger partial charge in [-0.05, 0) is 105 Å². The van der Waals surface area contributed by atoms with Gasteiger partial charge in [-0.15, -0.1) is 0 Å². The molecule has 5 nitrogen and oxygen atoms in total. The third kappa shape index (κ3) is 6.60. The topological polar surface area (TPSA) is 51.1 Å². The molecule has 1 aliphatic rings. The monoisotopic (exact) mass is 576 g/mol. The molecule has 1 atom stereocenters. The minimum Gasteiger partial charge on any atom is -0.490 e. The molecule has 0 radical (unpaired) electrons. The molecule has 1 heterocycles. The Labute approximate surface area is 252 Å². The van der Waals surface area contributed by atoms with E-state index in [4.69, 9.17) is 14.5 Å². The van der Waals surface area contributed by atoms with Gasteiger partial charge in [-0.1, -0.05) is 72.3 Å². The van der Waals surface area contributed by atoms with E-state index in [0.29, 0.717) is 34.8 Å². The van der Waals surface area contributed by atoms with Crippen molar-refractivity contribution in [2.45, 2.75) is 47.3 Å². The number of rotatable bonds is 9. The molecule has 42 heavy (non-hydrogen) atoms. The van der Waals surface area contributed by atoms with Gasteiger partial charge in [0.05, 0.1) is 23.2 Å². The molecule has 0 aliphatic carbocycles. The fourth-order valence-electron chi connectivity index (χ4n) is 5.14. The molecule has 1 saturated heterocycles. The first kappa shape index (κ1) is 29.2. The molecule has 0 unspecified atom stereocenters. The summed E-state index contributed by atoms with van der Waals surface area (Å²) in [4.78, 5) is 21.1. The van der Waals surface area contributed by atoms with Crippen LogP contribution in [0.15, 0.2) is 101 Å². The van der Waals surface area contributed by atoms with Crippen LogP contribution in [-0.2, 0) is 11.4 Å². The number of amides is 1. The van der Waals surface area contributed by atoms with Crippen molar-refractivity contribution in [3.8, 4) is 11.5 Å². The largest absolute Gasteiger partial charge is 0.490 e. The van der Waals surface area contributed by atoms with Crippen molar-refractivity contribution in [3.63, 3.8) is 0 Å². The SMILES string of the molecule is CCOc1cc(/C=C2/SC(=Nc3ccccc3)N([C@H](C)c3ccccc3)C2=O)ccc1OCc1c(C)cc(C)cc1C. The number of hydrogen-bond donors (Lipinski definition) is 0.